The largest absolute Gasteiger partial charge is 0.411 e. The van der Waals surface area contributed by atoms with E-state index in [0.29, 0.717) is 24.0 Å². The quantitative estimate of drug-likeness (QED) is 0.371. The lowest BCUT2D eigenvalue weighted by Crippen LogP contribution is -2.30. The summed E-state index contributed by atoms with van der Waals surface area (Å²) < 4.78 is 0. The van der Waals surface area contributed by atoms with Crippen molar-refractivity contribution in [3.63, 3.8) is 0 Å². The van der Waals surface area contributed by atoms with Gasteiger partial charge in [0, 0.05) is 29.3 Å². The molecule has 1 aliphatic carbocycles. The Bertz CT molecular complexity index is 628. The van der Waals surface area contributed by atoms with Gasteiger partial charge in [-0.15, -0.1) is 0 Å². The highest BCUT2D eigenvalue weighted by molar-refractivity contribution is 6.01. The number of amides is 1. The standard InChI is InChI=1S/C15H18N4O4/c20-15(12-5-3-7-16-9-12)17-10-13(18-21)8-11-4-1-2-6-14(11)19(22)23/h3,5,7-9,14,21H,1-2,4,6,10H2,(H,17,20)/b11-8+,18-13+. The molecular weight excluding hydrogens is 300 g/mol. The first-order valence-corrected chi connectivity index (χ1v) is 7.35. The molecule has 1 atom stereocenters. The molecule has 122 valence electrons. The molecule has 1 heterocycles. The van der Waals surface area contributed by atoms with E-state index < -0.39 is 6.04 Å². The summed E-state index contributed by atoms with van der Waals surface area (Å²) in [6.45, 7) is -0.0157. The zero-order chi connectivity index (χ0) is 16.7. The van der Waals surface area contributed by atoms with Crippen molar-refractivity contribution in [2.45, 2.75) is 31.7 Å². The number of aromatic nitrogens is 1. The van der Waals surface area contributed by atoms with Crippen LogP contribution in [0.3, 0.4) is 0 Å². The molecule has 8 heteroatoms. The summed E-state index contributed by atoms with van der Waals surface area (Å²) >= 11 is 0. The first-order chi connectivity index (χ1) is 11.1. The van der Waals surface area contributed by atoms with Gasteiger partial charge in [-0.2, -0.15) is 0 Å². The van der Waals surface area contributed by atoms with Crippen molar-refractivity contribution in [3.05, 3.63) is 51.9 Å². The molecule has 0 radical (unpaired) electrons. The van der Waals surface area contributed by atoms with Crippen molar-refractivity contribution >= 4 is 11.6 Å². The zero-order valence-corrected chi connectivity index (χ0v) is 12.5. The Hall–Kier alpha value is -2.77. The molecule has 0 saturated heterocycles. The van der Waals surface area contributed by atoms with Gasteiger partial charge in [-0.05, 0) is 37.5 Å². The lowest BCUT2D eigenvalue weighted by molar-refractivity contribution is -0.514. The van der Waals surface area contributed by atoms with E-state index in [4.69, 9.17) is 5.21 Å². The van der Waals surface area contributed by atoms with Crippen molar-refractivity contribution in [1.29, 1.82) is 0 Å². The topological polar surface area (TPSA) is 118 Å². The Morgan fingerprint density at radius 3 is 3.04 bits per heavy atom. The van der Waals surface area contributed by atoms with Crippen LogP contribution in [0, 0.1) is 10.1 Å². The van der Waals surface area contributed by atoms with Gasteiger partial charge >= 0.3 is 0 Å². The van der Waals surface area contributed by atoms with Crippen molar-refractivity contribution in [2.75, 3.05) is 6.54 Å². The molecule has 8 nitrogen and oxygen atoms in total. The van der Waals surface area contributed by atoms with Gasteiger partial charge in [0.15, 0.2) is 0 Å². The van der Waals surface area contributed by atoms with Crippen molar-refractivity contribution in [3.8, 4) is 0 Å². The number of nitro groups is 1. The Balaban J connectivity index is 2.01. The van der Waals surface area contributed by atoms with Crippen LogP contribution in [0.2, 0.25) is 0 Å². The maximum Gasteiger partial charge on any atom is 0.253 e. The van der Waals surface area contributed by atoms with Crippen LogP contribution in [0.1, 0.15) is 36.0 Å². The summed E-state index contributed by atoms with van der Waals surface area (Å²) in [6.07, 6.45) is 7.26. The SMILES string of the molecule is O=C(NCC(/C=C1\CCCCC1[N+](=O)[O-])=N/O)c1cccnc1. The summed E-state index contributed by atoms with van der Waals surface area (Å²) in [5.74, 6) is -0.355. The number of carbonyl (C=O) groups is 1. The van der Waals surface area contributed by atoms with Gasteiger partial charge in [-0.3, -0.25) is 19.9 Å². The fourth-order valence-electron chi connectivity index (χ4n) is 2.53. The number of oxime groups is 1. The average Bonchev–Trinajstić information content (AvgIpc) is 2.59. The third kappa shape index (κ3) is 4.60. The summed E-state index contributed by atoms with van der Waals surface area (Å²) in [7, 11) is 0. The third-order valence-electron chi connectivity index (χ3n) is 3.71. The lowest BCUT2D eigenvalue weighted by atomic mass is 9.89. The number of pyridine rings is 1. The summed E-state index contributed by atoms with van der Waals surface area (Å²) in [5, 5.41) is 25.9. The molecule has 2 N–H and O–H groups in total. The highest BCUT2D eigenvalue weighted by Crippen LogP contribution is 2.25. The monoisotopic (exact) mass is 318 g/mol. The van der Waals surface area contributed by atoms with Crippen molar-refractivity contribution in [2.24, 2.45) is 5.16 Å². The van der Waals surface area contributed by atoms with Gasteiger partial charge < -0.3 is 10.5 Å². The predicted molar refractivity (Wildman–Crippen MR) is 83.1 cm³/mol. The maximum absolute atomic E-state index is 11.9. The molecule has 0 bridgehead atoms. The van der Waals surface area contributed by atoms with Gasteiger partial charge in [0.25, 0.3) is 5.91 Å². The number of nitrogens with one attached hydrogen (secondary N) is 1. The zero-order valence-electron chi connectivity index (χ0n) is 12.5. The van der Waals surface area contributed by atoms with Crippen LogP contribution in [0.15, 0.2) is 41.3 Å². The molecule has 1 aliphatic rings. The van der Waals surface area contributed by atoms with Crippen LogP contribution in [-0.4, -0.2) is 39.3 Å². The van der Waals surface area contributed by atoms with Crippen LogP contribution in [0.4, 0.5) is 0 Å². The minimum Gasteiger partial charge on any atom is -0.411 e. The molecular formula is C15H18N4O4. The van der Waals surface area contributed by atoms with Crippen LogP contribution in [-0.2, 0) is 0 Å². The molecule has 23 heavy (non-hydrogen) atoms. The predicted octanol–water partition coefficient (Wildman–Crippen LogP) is 1.79. The second-order valence-electron chi connectivity index (χ2n) is 5.28. The molecule has 1 aromatic heterocycles. The van der Waals surface area contributed by atoms with E-state index in [9.17, 15) is 14.9 Å². The molecule has 0 aromatic carbocycles. The highest BCUT2D eigenvalue weighted by atomic mass is 16.6. The van der Waals surface area contributed by atoms with E-state index in [1.807, 2.05) is 0 Å². The fourth-order valence-corrected chi connectivity index (χ4v) is 2.53. The molecule has 1 unspecified atom stereocenters. The van der Waals surface area contributed by atoms with Crippen LogP contribution >= 0.6 is 0 Å². The summed E-state index contributed by atoms with van der Waals surface area (Å²) in [6, 6.07) is 2.51. The smallest absolute Gasteiger partial charge is 0.253 e. The van der Waals surface area contributed by atoms with E-state index >= 15 is 0 Å². The van der Waals surface area contributed by atoms with E-state index in [0.717, 1.165) is 12.8 Å². The molecule has 0 aliphatic heterocycles. The minimum atomic E-state index is -0.741. The van der Waals surface area contributed by atoms with Gasteiger partial charge in [0.1, 0.15) is 0 Å². The first-order valence-electron chi connectivity index (χ1n) is 7.35. The second-order valence-corrected chi connectivity index (χ2v) is 5.28. The highest BCUT2D eigenvalue weighted by Gasteiger charge is 2.28. The second kappa shape index (κ2) is 8.02. The van der Waals surface area contributed by atoms with Crippen molar-refractivity contribution < 1.29 is 14.9 Å². The van der Waals surface area contributed by atoms with Crippen LogP contribution in [0.25, 0.3) is 0 Å². The summed E-state index contributed by atoms with van der Waals surface area (Å²) in [4.78, 5) is 26.5. The number of hydrogen-bond donors (Lipinski definition) is 2. The third-order valence-corrected chi connectivity index (χ3v) is 3.71. The van der Waals surface area contributed by atoms with E-state index in [1.165, 1.54) is 12.3 Å². The summed E-state index contributed by atoms with van der Waals surface area (Å²) in [5.41, 5.74) is 1.20. The molecule has 2 rings (SSSR count). The normalized spacial score (nSPS) is 20.3. The first kappa shape index (κ1) is 16.6. The average molecular weight is 318 g/mol. The van der Waals surface area contributed by atoms with E-state index in [1.54, 1.807) is 18.3 Å². The maximum atomic E-state index is 11.9. The molecule has 1 saturated carbocycles. The molecule has 1 aromatic rings. The van der Waals surface area contributed by atoms with Gasteiger partial charge in [-0.1, -0.05) is 5.16 Å². The van der Waals surface area contributed by atoms with Gasteiger partial charge in [0.2, 0.25) is 6.04 Å². The molecule has 0 spiro atoms. The molecule has 1 fully saturated rings. The Morgan fingerprint density at radius 2 is 2.39 bits per heavy atom. The Labute approximate surface area is 133 Å². The number of hydrogen-bond acceptors (Lipinski definition) is 6. The Morgan fingerprint density at radius 1 is 1.57 bits per heavy atom. The van der Waals surface area contributed by atoms with Crippen LogP contribution in [0.5, 0.6) is 0 Å². The number of rotatable bonds is 5. The van der Waals surface area contributed by atoms with E-state index in [2.05, 4.69) is 15.5 Å². The van der Waals surface area contributed by atoms with Gasteiger partial charge in [-0.25, -0.2) is 0 Å². The lowest BCUT2D eigenvalue weighted by Gasteiger charge is -2.18. The van der Waals surface area contributed by atoms with Crippen molar-refractivity contribution in [1.82, 2.24) is 10.3 Å². The van der Waals surface area contributed by atoms with Crippen LogP contribution < -0.4 is 5.32 Å². The fraction of sp³-hybridized carbons (Fsp3) is 0.400. The molecule has 1 amide bonds. The van der Waals surface area contributed by atoms with E-state index in [-0.39, 0.29) is 23.1 Å². The number of carbonyl (C=O) groups excluding carboxylic acids is 1. The minimum absolute atomic E-state index is 0.0157. The van der Waals surface area contributed by atoms with Gasteiger partial charge in [0.05, 0.1) is 17.8 Å². The number of nitrogens with zero attached hydrogens (tertiary/aromatic N) is 3. The Kier molecular flexibility index (Phi) is 5.79.